The van der Waals surface area contributed by atoms with Crippen LogP contribution in [-0.4, -0.2) is 36.8 Å². The Kier molecular flexibility index (Phi) is 6.16. The molecule has 0 atom stereocenters. The van der Waals surface area contributed by atoms with Crippen LogP contribution in [0.15, 0.2) is 10.7 Å². The molecule has 1 rings (SSSR count). The summed E-state index contributed by atoms with van der Waals surface area (Å²) in [6, 6.07) is 0. The van der Waals surface area contributed by atoms with Crippen molar-refractivity contribution in [2.75, 3.05) is 31.7 Å². The Hall–Kier alpha value is -0.390. The third-order valence-electron chi connectivity index (χ3n) is 2.15. The van der Waals surface area contributed by atoms with Crippen molar-refractivity contribution < 1.29 is 4.74 Å². The predicted octanol–water partition coefficient (Wildman–Crippen LogP) is 3.00. The van der Waals surface area contributed by atoms with E-state index in [1.165, 1.54) is 0 Å². The predicted molar refractivity (Wildman–Crippen MR) is 73.7 cm³/mol. The molecule has 0 saturated carbocycles. The fraction of sp³-hybridized carbons (Fsp3) is 0.636. The normalized spacial score (nSPS) is 10.9. The second kappa shape index (κ2) is 7.13. The number of aromatic nitrogens is 2. The van der Waals surface area contributed by atoms with E-state index in [0.29, 0.717) is 12.5 Å². The summed E-state index contributed by atoms with van der Waals surface area (Å²) in [5.74, 6) is 1.35. The molecule has 96 valence electrons. The molecule has 0 aliphatic rings. The number of anilines is 1. The van der Waals surface area contributed by atoms with Crippen LogP contribution in [-0.2, 0) is 4.74 Å². The lowest BCUT2D eigenvalue weighted by atomic mass is 10.2. The van der Waals surface area contributed by atoms with Gasteiger partial charge in [0, 0.05) is 26.4 Å². The van der Waals surface area contributed by atoms with E-state index in [4.69, 9.17) is 16.3 Å². The minimum absolute atomic E-state index is 0.259. The van der Waals surface area contributed by atoms with E-state index >= 15 is 0 Å². The Morgan fingerprint density at radius 3 is 2.82 bits per heavy atom. The van der Waals surface area contributed by atoms with Gasteiger partial charge >= 0.3 is 0 Å². The van der Waals surface area contributed by atoms with Crippen LogP contribution >= 0.6 is 27.5 Å². The Labute approximate surface area is 115 Å². The average Bonchev–Trinajstić information content (AvgIpc) is 2.27. The molecule has 0 aromatic carbocycles. The van der Waals surface area contributed by atoms with E-state index in [2.05, 4.69) is 44.6 Å². The number of nitrogens with zero attached hydrogens (tertiary/aromatic N) is 3. The van der Waals surface area contributed by atoms with Crippen LogP contribution in [0.1, 0.15) is 13.8 Å². The minimum atomic E-state index is 0.259. The van der Waals surface area contributed by atoms with E-state index in [-0.39, 0.29) is 5.28 Å². The van der Waals surface area contributed by atoms with E-state index in [9.17, 15) is 0 Å². The summed E-state index contributed by atoms with van der Waals surface area (Å²) >= 11 is 9.28. The summed E-state index contributed by atoms with van der Waals surface area (Å²) in [6.45, 7) is 6.66. The number of halogens is 2. The molecule has 0 N–H and O–H groups in total. The summed E-state index contributed by atoms with van der Waals surface area (Å²) in [7, 11) is 1.69. The zero-order chi connectivity index (χ0) is 12.8. The lowest BCUT2D eigenvalue weighted by Crippen LogP contribution is -2.32. The molecule has 0 spiro atoms. The summed E-state index contributed by atoms with van der Waals surface area (Å²) in [5.41, 5.74) is 0. The SMILES string of the molecule is COCCN(CC(C)C)c1nc(Cl)ncc1Br. The van der Waals surface area contributed by atoms with Gasteiger partial charge in [-0.3, -0.25) is 0 Å². The van der Waals surface area contributed by atoms with E-state index in [1.54, 1.807) is 13.3 Å². The standard InChI is InChI=1S/C11H17BrClN3O/c1-8(2)7-16(4-5-17-3)10-9(12)6-14-11(13)15-10/h6,8H,4-5,7H2,1-3H3. The zero-order valence-corrected chi connectivity index (χ0v) is 12.6. The van der Waals surface area contributed by atoms with Crippen LogP contribution in [0.3, 0.4) is 0 Å². The molecule has 1 heterocycles. The van der Waals surface area contributed by atoms with Crippen LogP contribution in [0.25, 0.3) is 0 Å². The van der Waals surface area contributed by atoms with Crippen LogP contribution in [0, 0.1) is 5.92 Å². The Morgan fingerprint density at radius 1 is 1.53 bits per heavy atom. The zero-order valence-electron chi connectivity index (χ0n) is 10.3. The van der Waals surface area contributed by atoms with Gasteiger partial charge in [-0.15, -0.1) is 0 Å². The van der Waals surface area contributed by atoms with Gasteiger partial charge in [-0.25, -0.2) is 4.98 Å². The maximum Gasteiger partial charge on any atom is 0.224 e. The first-order chi connectivity index (χ1) is 8.04. The van der Waals surface area contributed by atoms with Gasteiger partial charge in [-0.05, 0) is 33.4 Å². The maximum atomic E-state index is 5.83. The second-order valence-electron chi connectivity index (χ2n) is 4.14. The van der Waals surface area contributed by atoms with Crippen molar-refractivity contribution in [1.29, 1.82) is 0 Å². The highest BCUT2D eigenvalue weighted by molar-refractivity contribution is 9.10. The summed E-state index contributed by atoms with van der Waals surface area (Å²) in [5, 5.41) is 0.259. The highest BCUT2D eigenvalue weighted by Crippen LogP contribution is 2.24. The van der Waals surface area contributed by atoms with Crippen LogP contribution < -0.4 is 4.90 Å². The van der Waals surface area contributed by atoms with Gasteiger partial charge in [0.15, 0.2) is 0 Å². The van der Waals surface area contributed by atoms with Crippen molar-refractivity contribution in [2.45, 2.75) is 13.8 Å². The fourth-order valence-corrected chi connectivity index (χ4v) is 2.06. The van der Waals surface area contributed by atoms with Crippen molar-refractivity contribution >= 4 is 33.3 Å². The van der Waals surface area contributed by atoms with Crippen molar-refractivity contribution in [2.24, 2.45) is 5.92 Å². The lowest BCUT2D eigenvalue weighted by molar-refractivity contribution is 0.204. The van der Waals surface area contributed by atoms with Crippen molar-refractivity contribution in [1.82, 2.24) is 9.97 Å². The van der Waals surface area contributed by atoms with Gasteiger partial charge in [-0.2, -0.15) is 4.98 Å². The van der Waals surface area contributed by atoms with Crippen LogP contribution in [0.4, 0.5) is 5.82 Å². The van der Waals surface area contributed by atoms with Gasteiger partial charge < -0.3 is 9.64 Å². The number of hydrogen-bond donors (Lipinski definition) is 0. The highest BCUT2D eigenvalue weighted by atomic mass is 79.9. The Balaban J connectivity index is 2.90. The summed E-state index contributed by atoms with van der Waals surface area (Å²) in [6.07, 6.45) is 1.67. The quantitative estimate of drug-likeness (QED) is 0.755. The maximum absolute atomic E-state index is 5.83. The third kappa shape index (κ3) is 4.77. The number of rotatable bonds is 6. The molecule has 0 saturated heterocycles. The van der Waals surface area contributed by atoms with E-state index in [0.717, 1.165) is 23.4 Å². The lowest BCUT2D eigenvalue weighted by Gasteiger charge is -2.26. The smallest absolute Gasteiger partial charge is 0.224 e. The Bertz CT molecular complexity index is 363. The molecule has 0 aliphatic heterocycles. The largest absolute Gasteiger partial charge is 0.383 e. The molecule has 6 heteroatoms. The summed E-state index contributed by atoms with van der Waals surface area (Å²) in [4.78, 5) is 10.3. The van der Waals surface area contributed by atoms with E-state index < -0.39 is 0 Å². The van der Waals surface area contributed by atoms with Crippen LogP contribution in [0.5, 0.6) is 0 Å². The number of ether oxygens (including phenoxy) is 1. The first kappa shape index (κ1) is 14.7. The molecular formula is C11H17BrClN3O. The summed E-state index contributed by atoms with van der Waals surface area (Å²) < 4.78 is 5.96. The van der Waals surface area contributed by atoms with E-state index in [1.807, 2.05) is 0 Å². The molecule has 0 amide bonds. The third-order valence-corrected chi connectivity index (χ3v) is 2.89. The molecule has 17 heavy (non-hydrogen) atoms. The number of hydrogen-bond acceptors (Lipinski definition) is 4. The molecule has 1 aromatic rings. The van der Waals surface area contributed by atoms with Gasteiger partial charge in [0.2, 0.25) is 5.28 Å². The van der Waals surface area contributed by atoms with Gasteiger partial charge in [0.05, 0.1) is 11.1 Å². The monoisotopic (exact) mass is 321 g/mol. The first-order valence-corrected chi connectivity index (χ1v) is 6.63. The van der Waals surface area contributed by atoms with Crippen molar-refractivity contribution in [3.05, 3.63) is 16.0 Å². The molecule has 0 bridgehead atoms. The van der Waals surface area contributed by atoms with Gasteiger partial charge in [-0.1, -0.05) is 13.8 Å². The average molecular weight is 323 g/mol. The van der Waals surface area contributed by atoms with Crippen LogP contribution in [0.2, 0.25) is 5.28 Å². The second-order valence-corrected chi connectivity index (χ2v) is 5.34. The molecular weight excluding hydrogens is 305 g/mol. The molecule has 0 fully saturated rings. The van der Waals surface area contributed by atoms with Gasteiger partial charge in [0.25, 0.3) is 0 Å². The van der Waals surface area contributed by atoms with Crippen molar-refractivity contribution in [3.63, 3.8) is 0 Å². The molecule has 0 aliphatic carbocycles. The molecule has 0 unspecified atom stereocenters. The molecule has 4 nitrogen and oxygen atoms in total. The Morgan fingerprint density at radius 2 is 2.24 bits per heavy atom. The van der Waals surface area contributed by atoms with Gasteiger partial charge in [0.1, 0.15) is 5.82 Å². The fourth-order valence-electron chi connectivity index (χ4n) is 1.49. The number of methoxy groups -OCH3 is 1. The van der Waals surface area contributed by atoms with Crippen molar-refractivity contribution in [3.8, 4) is 0 Å². The minimum Gasteiger partial charge on any atom is -0.383 e. The molecule has 0 radical (unpaired) electrons. The topological polar surface area (TPSA) is 38.2 Å². The first-order valence-electron chi connectivity index (χ1n) is 5.46. The molecule has 1 aromatic heterocycles. The highest BCUT2D eigenvalue weighted by Gasteiger charge is 2.14.